The Morgan fingerprint density at radius 1 is 1.36 bits per heavy atom. The summed E-state index contributed by atoms with van der Waals surface area (Å²) in [6, 6.07) is 6.84. The Kier molecular flexibility index (Phi) is 2.79. The van der Waals surface area contributed by atoms with E-state index < -0.39 is 0 Å². The summed E-state index contributed by atoms with van der Waals surface area (Å²) in [5, 5.41) is 0. The van der Waals surface area contributed by atoms with E-state index in [4.69, 9.17) is 0 Å². The third-order valence-electron chi connectivity index (χ3n) is 2.57. The molecule has 1 nitrogen and oxygen atoms in total. The van der Waals surface area contributed by atoms with Gasteiger partial charge in [-0.25, -0.2) is 4.39 Å². The molecule has 0 radical (unpaired) electrons. The SMILES string of the molecule is CNSC1(Cc2ccc(F)cc2)CC1. The summed E-state index contributed by atoms with van der Waals surface area (Å²) in [4.78, 5) is 0. The van der Waals surface area contributed by atoms with E-state index in [0.717, 1.165) is 6.42 Å². The molecular weight excluding hydrogens is 197 g/mol. The van der Waals surface area contributed by atoms with E-state index in [1.165, 1.54) is 30.5 Å². The lowest BCUT2D eigenvalue weighted by atomic mass is 10.1. The molecule has 1 aromatic rings. The van der Waals surface area contributed by atoms with Crippen molar-refractivity contribution in [2.45, 2.75) is 24.0 Å². The summed E-state index contributed by atoms with van der Waals surface area (Å²) in [6.07, 6.45) is 3.56. The molecule has 0 saturated heterocycles. The summed E-state index contributed by atoms with van der Waals surface area (Å²) in [7, 11) is 1.95. The van der Waals surface area contributed by atoms with Gasteiger partial charge in [0, 0.05) is 4.75 Å². The number of rotatable bonds is 4. The average Bonchev–Trinajstić information content (AvgIpc) is 2.90. The Labute approximate surface area is 88.2 Å². The molecule has 0 unspecified atom stereocenters. The lowest BCUT2D eigenvalue weighted by molar-refractivity contribution is 0.626. The van der Waals surface area contributed by atoms with E-state index in [9.17, 15) is 4.39 Å². The minimum Gasteiger partial charge on any atom is -0.267 e. The van der Waals surface area contributed by atoms with Crippen molar-refractivity contribution in [2.24, 2.45) is 0 Å². The second-order valence-electron chi connectivity index (χ2n) is 3.79. The fraction of sp³-hybridized carbons (Fsp3) is 0.455. The molecule has 14 heavy (non-hydrogen) atoms. The predicted octanol–water partition coefficient (Wildman–Crippen LogP) is 2.77. The van der Waals surface area contributed by atoms with Gasteiger partial charge in [-0.3, -0.25) is 4.72 Å². The number of halogens is 1. The molecular formula is C11H14FNS. The van der Waals surface area contributed by atoms with E-state index in [1.807, 2.05) is 19.2 Å². The van der Waals surface area contributed by atoms with Crippen LogP contribution in [0.3, 0.4) is 0 Å². The molecule has 0 aliphatic heterocycles. The summed E-state index contributed by atoms with van der Waals surface area (Å²) in [5.41, 5.74) is 1.23. The van der Waals surface area contributed by atoms with Gasteiger partial charge in [0.25, 0.3) is 0 Å². The molecule has 1 N–H and O–H groups in total. The van der Waals surface area contributed by atoms with Crippen molar-refractivity contribution in [3.63, 3.8) is 0 Å². The smallest absolute Gasteiger partial charge is 0.123 e. The molecule has 0 aromatic heterocycles. The topological polar surface area (TPSA) is 12.0 Å². The summed E-state index contributed by atoms with van der Waals surface area (Å²) >= 11 is 1.80. The molecule has 3 heteroatoms. The minimum absolute atomic E-state index is 0.153. The Bertz CT molecular complexity index is 306. The maximum absolute atomic E-state index is 12.7. The fourth-order valence-electron chi connectivity index (χ4n) is 1.65. The van der Waals surface area contributed by atoms with Crippen molar-refractivity contribution >= 4 is 11.9 Å². The zero-order valence-electron chi connectivity index (χ0n) is 8.22. The summed E-state index contributed by atoms with van der Waals surface area (Å²) < 4.78 is 16.2. The van der Waals surface area contributed by atoms with Crippen LogP contribution in [0, 0.1) is 5.82 Å². The van der Waals surface area contributed by atoms with Gasteiger partial charge in [-0.05, 0) is 44.0 Å². The van der Waals surface area contributed by atoms with Gasteiger partial charge in [-0.15, -0.1) is 0 Å². The van der Waals surface area contributed by atoms with Crippen LogP contribution in [0.25, 0.3) is 0 Å². The number of benzene rings is 1. The van der Waals surface area contributed by atoms with Gasteiger partial charge in [-0.2, -0.15) is 0 Å². The maximum Gasteiger partial charge on any atom is 0.123 e. The number of hydrogen-bond donors (Lipinski definition) is 1. The molecule has 1 saturated carbocycles. The summed E-state index contributed by atoms with van der Waals surface area (Å²) in [6.45, 7) is 0. The molecule has 0 bridgehead atoms. The highest BCUT2D eigenvalue weighted by molar-refractivity contribution is 7.99. The van der Waals surface area contributed by atoms with Crippen LogP contribution in [0.2, 0.25) is 0 Å². The van der Waals surface area contributed by atoms with Crippen LogP contribution in [0.15, 0.2) is 24.3 Å². The van der Waals surface area contributed by atoms with Crippen molar-refractivity contribution in [2.75, 3.05) is 7.05 Å². The Morgan fingerprint density at radius 3 is 2.50 bits per heavy atom. The standard InChI is InChI=1S/C11H14FNS/c1-13-14-11(6-7-11)8-9-2-4-10(12)5-3-9/h2-5,13H,6-8H2,1H3. The molecule has 1 aromatic carbocycles. The Hall–Kier alpha value is -0.540. The van der Waals surface area contributed by atoms with Crippen LogP contribution >= 0.6 is 11.9 Å². The molecule has 76 valence electrons. The molecule has 0 atom stereocenters. The predicted molar refractivity (Wildman–Crippen MR) is 58.7 cm³/mol. The van der Waals surface area contributed by atoms with Crippen LogP contribution in [0.1, 0.15) is 18.4 Å². The van der Waals surface area contributed by atoms with Gasteiger partial charge in [0.05, 0.1) is 0 Å². The van der Waals surface area contributed by atoms with E-state index in [-0.39, 0.29) is 5.82 Å². The highest BCUT2D eigenvalue weighted by Gasteiger charge is 2.43. The Balaban J connectivity index is 2.00. The van der Waals surface area contributed by atoms with Gasteiger partial charge in [0.1, 0.15) is 5.82 Å². The van der Waals surface area contributed by atoms with E-state index >= 15 is 0 Å². The normalized spacial score (nSPS) is 18.1. The highest BCUT2D eigenvalue weighted by Crippen LogP contribution is 2.49. The van der Waals surface area contributed by atoms with Crippen LogP contribution in [-0.2, 0) is 6.42 Å². The van der Waals surface area contributed by atoms with E-state index in [1.54, 1.807) is 11.9 Å². The first-order valence-electron chi connectivity index (χ1n) is 4.83. The largest absolute Gasteiger partial charge is 0.267 e. The van der Waals surface area contributed by atoms with Crippen LogP contribution in [0.5, 0.6) is 0 Å². The lowest BCUT2D eigenvalue weighted by Gasteiger charge is -2.13. The fourth-order valence-corrected chi connectivity index (χ4v) is 2.62. The molecule has 0 spiro atoms. The van der Waals surface area contributed by atoms with Crippen molar-refractivity contribution in [3.05, 3.63) is 35.6 Å². The second-order valence-corrected chi connectivity index (χ2v) is 5.27. The zero-order chi connectivity index (χ0) is 10.0. The summed E-state index contributed by atoms with van der Waals surface area (Å²) in [5.74, 6) is -0.153. The molecule has 0 amide bonds. The van der Waals surface area contributed by atoms with Gasteiger partial charge in [-0.1, -0.05) is 24.1 Å². The van der Waals surface area contributed by atoms with Crippen LogP contribution in [-0.4, -0.2) is 11.8 Å². The molecule has 1 aliphatic rings. The third-order valence-corrected chi connectivity index (χ3v) is 3.76. The molecule has 1 aliphatic carbocycles. The first-order valence-corrected chi connectivity index (χ1v) is 5.65. The second kappa shape index (κ2) is 3.91. The molecule has 0 heterocycles. The molecule has 1 fully saturated rings. The quantitative estimate of drug-likeness (QED) is 0.769. The monoisotopic (exact) mass is 211 g/mol. The minimum atomic E-state index is -0.153. The van der Waals surface area contributed by atoms with Gasteiger partial charge < -0.3 is 0 Å². The van der Waals surface area contributed by atoms with Crippen LogP contribution < -0.4 is 4.72 Å². The highest BCUT2D eigenvalue weighted by atomic mass is 32.2. The van der Waals surface area contributed by atoms with E-state index in [0.29, 0.717) is 4.75 Å². The maximum atomic E-state index is 12.7. The third kappa shape index (κ3) is 2.28. The average molecular weight is 211 g/mol. The van der Waals surface area contributed by atoms with E-state index in [2.05, 4.69) is 4.72 Å². The van der Waals surface area contributed by atoms with Crippen LogP contribution in [0.4, 0.5) is 4.39 Å². The van der Waals surface area contributed by atoms with Crippen molar-refractivity contribution in [1.82, 2.24) is 4.72 Å². The first kappa shape index (κ1) is 9.99. The zero-order valence-corrected chi connectivity index (χ0v) is 9.03. The molecule has 2 rings (SSSR count). The van der Waals surface area contributed by atoms with Crippen molar-refractivity contribution in [3.8, 4) is 0 Å². The van der Waals surface area contributed by atoms with Gasteiger partial charge in [0.15, 0.2) is 0 Å². The lowest BCUT2D eigenvalue weighted by Crippen LogP contribution is -2.12. The van der Waals surface area contributed by atoms with Gasteiger partial charge >= 0.3 is 0 Å². The Morgan fingerprint density at radius 2 is 2.00 bits per heavy atom. The number of hydrogen-bond acceptors (Lipinski definition) is 2. The van der Waals surface area contributed by atoms with Gasteiger partial charge in [0.2, 0.25) is 0 Å². The van der Waals surface area contributed by atoms with Crippen molar-refractivity contribution < 1.29 is 4.39 Å². The first-order chi connectivity index (χ1) is 6.74. The number of nitrogens with one attached hydrogen (secondary N) is 1. The van der Waals surface area contributed by atoms with Crippen molar-refractivity contribution in [1.29, 1.82) is 0 Å².